The van der Waals surface area contributed by atoms with Crippen LogP contribution in [0.15, 0.2) is 62.2 Å². The number of hydrogen-bond donors (Lipinski definition) is 0. The summed E-state index contributed by atoms with van der Waals surface area (Å²) in [4.78, 5) is 14.2. The highest BCUT2D eigenvalue weighted by Gasteiger charge is 2.24. The molecule has 28 heavy (non-hydrogen) atoms. The van der Waals surface area contributed by atoms with Crippen molar-refractivity contribution in [1.82, 2.24) is 0 Å². The molecule has 6 heteroatoms. The third kappa shape index (κ3) is 2.59. The molecule has 0 fully saturated rings. The standard InChI is InChI=1S/C22H15BrFNO3/c1-12-20-13(10-25(11-27-20)19-7-6-14(23)9-18(19)24)8-17-15-4-2-3-5-16(15)22(26)28-21(12)17/h2-9H,10-11H2,1H3. The molecule has 0 aliphatic carbocycles. The Hall–Kier alpha value is -2.86. The van der Waals surface area contributed by atoms with Gasteiger partial charge in [-0.2, -0.15) is 0 Å². The van der Waals surface area contributed by atoms with Gasteiger partial charge in [-0.3, -0.25) is 0 Å². The maximum Gasteiger partial charge on any atom is 0.344 e. The van der Waals surface area contributed by atoms with Crippen LogP contribution in [0.25, 0.3) is 21.7 Å². The fraction of sp³-hybridized carbons (Fsp3) is 0.136. The first kappa shape index (κ1) is 17.3. The molecule has 0 saturated carbocycles. The van der Waals surface area contributed by atoms with E-state index in [9.17, 15) is 9.18 Å². The lowest BCUT2D eigenvalue weighted by atomic mass is 10.00. The highest BCUT2D eigenvalue weighted by molar-refractivity contribution is 9.10. The Morgan fingerprint density at radius 3 is 2.64 bits per heavy atom. The van der Waals surface area contributed by atoms with E-state index in [-0.39, 0.29) is 18.2 Å². The van der Waals surface area contributed by atoms with E-state index in [0.717, 1.165) is 21.9 Å². The topological polar surface area (TPSA) is 42.7 Å². The van der Waals surface area contributed by atoms with Gasteiger partial charge in [0.25, 0.3) is 0 Å². The van der Waals surface area contributed by atoms with Gasteiger partial charge >= 0.3 is 5.63 Å². The molecule has 4 aromatic rings. The predicted molar refractivity (Wildman–Crippen MR) is 111 cm³/mol. The smallest absolute Gasteiger partial charge is 0.344 e. The summed E-state index contributed by atoms with van der Waals surface area (Å²) in [7, 11) is 0. The fourth-order valence-corrected chi connectivity index (χ4v) is 4.16. The molecule has 0 radical (unpaired) electrons. The van der Waals surface area contributed by atoms with Crippen molar-refractivity contribution in [3.8, 4) is 5.75 Å². The summed E-state index contributed by atoms with van der Waals surface area (Å²) in [6.07, 6.45) is 0. The normalized spacial score (nSPS) is 13.6. The first-order valence-corrected chi connectivity index (χ1v) is 9.63. The second-order valence-electron chi connectivity index (χ2n) is 6.87. The number of fused-ring (bicyclic) bond motifs is 4. The lowest BCUT2D eigenvalue weighted by molar-refractivity contribution is 0.286. The Labute approximate surface area is 168 Å². The van der Waals surface area contributed by atoms with Gasteiger partial charge in [0.1, 0.15) is 17.1 Å². The summed E-state index contributed by atoms with van der Waals surface area (Å²) >= 11 is 3.29. The fourth-order valence-electron chi connectivity index (χ4n) is 3.83. The molecule has 2 heterocycles. The van der Waals surface area contributed by atoms with E-state index in [1.807, 2.05) is 42.2 Å². The van der Waals surface area contributed by atoms with Crippen LogP contribution in [-0.2, 0) is 6.54 Å². The first-order valence-electron chi connectivity index (χ1n) is 8.84. The number of ether oxygens (including phenoxy) is 1. The predicted octanol–water partition coefficient (Wildman–Crippen LogP) is 5.51. The molecule has 0 unspecified atom stereocenters. The molecular formula is C22H15BrFNO3. The Kier molecular flexibility index (Phi) is 3.91. The molecule has 0 atom stereocenters. The Bertz CT molecular complexity index is 1310. The maximum atomic E-state index is 14.4. The van der Waals surface area contributed by atoms with Crippen molar-refractivity contribution in [1.29, 1.82) is 0 Å². The zero-order chi connectivity index (χ0) is 19.4. The van der Waals surface area contributed by atoms with Crippen LogP contribution >= 0.6 is 15.9 Å². The molecule has 1 aromatic heterocycles. The van der Waals surface area contributed by atoms with Crippen LogP contribution in [0.1, 0.15) is 11.1 Å². The van der Waals surface area contributed by atoms with Crippen molar-refractivity contribution in [2.24, 2.45) is 0 Å². The molecule has 1 aliphatic rings. The summed E-state index contributed by atoms with van der Waals surface area (Å²) in [5.74, 6) is 0.384. The van der Waals surface area contributed by atoms with Crippen LogP contribution in [0.3, 0.4) is 0 Å². The third-order valence-electron chi connectivity index (χ3n) is 5.14. The lowest BCUT2D eigenvalue weighted by Crippen LogP contribution is -2.32. The van der Waals surface area contributed by atoms with Gasteiger partial charge < -0.3 is 14.1 Å². The average molecular weight is 440 g/mol. The second kappa shape index (κ2) is 6.34. The quantitative estimate of drug-likeness (QED) is 0.289. The monoisotopic (exact) mass is 439 g/mol. The van der Waals surface area contributed by atoms with E-state index < -0.39 is 0 Å². The van der Waals surface area contributed by atoms with E-state index in [4.69, 9.17) is 9.15 Å². The molecule has 0 bridgehead atoms. The molecular weight excluding hydrogens is 425 g/mol. The van der Waals surface area contributed by atoms with E-state index in [0.29, 0.717) is 33.4 Å². The Balaban J connectivity index is 1.69. The Morgan fingerprint density at radius 2 is 1.86 bits per heavy atom. The van der Waals surface area contributed by atoms with Gasteiger partial charge in [-0.1, -0.05) is 34.1 Å². The van der Waals surface area contributed by atoms with Crippen molar-refractivity contribution >= 4 is 43.4 Å². The second-order valence-corrected chi connectivity index (χ2v) is 7.78. The van der Waals surface area contributed by atoms with Crippen LogP contribution in [-0.4, -0.2) is 6.73 Å². The first-order chi connectivity index (χ1) is 13.5. The minimum atomic E-state index is -0.361. The SMILES string of the molecule is Cc1c2c(cc3c1oc(=O)c1ccccc13)CN(c1ccc(Br)cc1F)CO2. The number of benzene rings is 3. The largest absolute Gasteiger partial charge is 0.472 e. The molecule has 0 amide bonds. The summed E-state index contributed by atoms with van der Waals surface area (Å²) in [5.41, 5.74) is 2.37. The molecule has 1 aliphatic heterocycles. The van der Waals surface area contributed by atoms with E-state index in [1.165, 1.54) is 6.07 Å². The van der Waals surface area contributed by atoms with Gasteiger partial charge in [0, 0.05) is 27.5 Å². The highest BCUT2D eigenvalue weighted by atomic mass is 79.9. The average Bonchev–Trinajstić information content (AvgIpc) is 2.69. The number of halogens is 2. The van der Waals surface area contributed by atoms with E-state index in [2.05, 4.69) is 15.9 Å². The minimum absolute atomic E-state index is 0.218. The molecule has 5 rings (SSSR count). The van der Waals surface area contributed by atoms with Gasteiger partial charge in [0.15, 0.2) is 6.73 Å². The van der Waals surface area contributed by atoms with Gasteiger partial charge in [0.05, 0.1) is 11.1 Å². The molecule has 0 saturated heterocycles. The van der Waals surface area contributed by atoms with Crippen LogP contribution < -0.4 is 15.3 Å². The molecule has 3 aromatic carbocycles. The van der Waals surface area contributed by atoms with Gasteiger partial charge in [-0.25, -0.2) is 9.18 Å². The van der Waals surface area contributed by atoms with Crippen molar-refractivity contribution in [3.05, 3.63) is 80.4 Å². The number of nitrogens with zero attached hydrogens (tertiary/aromatic N) is 1. The molecule has 0 N–H and O–H groups in total. The van der Waals surface area contributed by atoms with E-state index >= 15 is 0 Å². The summed E-state index contributed by atoms with van der Waals surface area (Å²) in [6, 6.07) is 14.3. The molecule has 140 valence electrons. The van der Waals surface area contributed by atoms with Crippen molar-refractivity contribution in [2.45, 2.75) is 13.5 Å². The van der Waals surface area contributed by atoms with Crippen LogP contribution in [0.4, 0.5) is 10.1 Å². The zero-order valence-electron chi connectivity index (χ0n) is 15.0. The zero-order valence-corrected chi connectivity index (χ0v) is 16.5. The van der Waals surface area contributed by atoms with E-state index in [1.54, 1.807) is 12.1 Å². The maximum absolute atomic E-state index is 14.4. The number of aryl methyl sites for hydroxylation is 1. The lowest BCUT2D eigenvalue weighted by Gasteiger charge is -2.32. The number of hydrogen-bond acceptors (Lipinski definition) is 4. The van der Waals surface area contributed by atoms with Gasteiger partial charge in [-0.05, 0) is 42.6 Å². The minimum Gasteiger partial charge on any atom is -0.472 e. The third-order valence-corrected chi connectivity index (χ3v) is 5.64. The summed E-state index contributed by atoms with van der Waals surface area (Å²) in [5, 5.41) is 2.24. The van der Waals surface area contributed by atoms with Crippen molar-refractivity contribution in [3.63, 3.8) is 0 Å². The Morgan fingerprint density at radius 1 is 1.07 bits per heavy atom. The summed E-state index contributed by atoms with van der Waals surface area (Å²) in [6.45, 7) is 2.60. The molecule has 4 nitrogen and oxygen atoms in total. The highest BCUT2D eigenvalue weighted by Crippen LogP contribution is 2.38. The van der Waals surface area contributed by atoms with Crippen LogP contribution in [0, 0.1) is 12.7 Å². The summed E-state index contributed by atoms with van der Waals surface area (Å²) < 4.78 is 26.7. The van der Waals surface area contributed by atoms with Gasteiger partial charge in [0.2, 0.25) is 0 Å². The molecule has 0 spiro atoms. The van der Waals surface area contributed by atoms with Gasteiger partial charge in [-0.15, -0.1) is 0 Å². The van der Waals surface area contributed by atoms with Crippen LogP contribution in [0.5, 0.6) is 5.75 Å². The number of rotatable bonds is 1. The number of anilines is 1. The van der Waals surface area contributed by atoms with Crippen molar-refractivity contribution in [2.75, 3.05) is 11.6 Å². The van der Waals surface area contributed by atoms with Crippen LogP contribution in [0.2, 0.25) is 0 Å². The van der Waals surface area contributed by atoms with Crippen molar-refractivity contribution < 1.29 is 13.5 Å².